The molecule has 1 atom stereocenters. The number of hydrogen-bond donors (Lipinski definition) is 0. The highest BCUT2D eigenvalue weighted by Gasteiger charge is 2.33. The summed E-state index contributed by atoms with van der Waals surface area (Å²) in [5.74, 6) is 1.61. The van der Waals surface area contributed by atoms with Crippen molar-refractivity contribution in [1.29, 1.82) is 0 Å². The van der Waals surface area contributed by atoms with Crippen LogP contribution < -0.4 is 9.47 Å². The summed E-state index contributed by atoms with van der Waals surface area (Å²) < 4.78 is 17.9. The summed E-state index contributed by atoms with van der Waals surface area (Å²) >= 11 is 0. The lowest BCUT2D eigenvalue weighted by Crippen LogP contribution is -2.51. The molecule has 0 fully saturated rings. The normalized spacial score (nSPS) is 12.1. The highest BCUT2D eigenvalue weighted by molar-refractivity contribution is 5.75. The Labute approximate surface area is 228 Å². The Balaban J connectivity index is 1.21. The topological polar surface area (TPSA) is 44.8 Å². The predicted molar refractivity (Wildman–Crippen MR) is 153 cm³/mol. The molecule has 0 aromatic heterocycles. The quantitative estimate of drug-likeness (QED) is 0.111. The average Bonchev–Trinajstić information content (AvgIpc) is 2.92. The Morgan fingerprint density at radius 1 is 0.632 bits per heavy atom. The Morgan fingerprint density at radius 2 is 1.13 bits per heavy atom. The molecule has 0 N–H and O–H groups in total. The van der Waals surface area contributed by atoms with Crippen molar-refractivity contribution < 1.29 is 23.5 Å². The van der Waals surface area contributed by atoms with E-state index in [9.17, 15) is 4.79 Å². The number of unbranched alkanes of at least 4 members (excludes halogenated alkanes) is 5. The van der Waals surface area contributed by atoms with E-state index in [-0.39, 0.29) is 12.0 Å². The van der Waals surface area contributed by atoms with Gasteiger partial charge in [0.1, 0.15) is 18.1 Å². The van der Waals surface area contributed by atoms with Crippen molar-refractivity contribution in [3.63, 3.8) is 0 Å². The molecular formula is C33H44NO4+. The first-order chi connectivity index (χ1) is 18.4. The van der Waals surface area contributed by atoms with Crippen molar-refractivity contribution >= 4 is 5.97 Å². The molecule has 0 unspecified atom stereocenters. The fraction of sp³-hybridized carbons (Fsp3) is 0.424. The number of benzene rings is 3. The standard InChI is InChI=1S/C33H44NO4/c1-34(2,3)32(26-28-16-10-8-11-17-28)33(35)37-25-15-7-5-4-6-14-24-36-30-20-22-31(23-21-30)38-27-29-18-12-9-13-19-29/h8-13,16-23,32H,4-7,14-15,24-27H2,1-3H3/q+1/t32-/m0/s1. The first-order valence-electron chi connectivity index (χ1n) is 13.8. The first-order valence-corrected chi connectivity index (χ1v) is 13.8. The van der Waals surface area contributed by atoms with Crippen LogP contribution in [0.4, 0.5) is 0 Å². The van der Waals surface area contributed by atoms with Gasteiger partial charge in [-0.2, -0.15) is 0 Å². The molecule has 3 rings (SSSR count). The molecule has 0 saturated carbocycles. The molecule has 3 aromatic rings. The van der Waals surface area contributed by atoms with Gasteiger partial charge >= 0.3 is 5.97 Å². The number of nitrogens with zero attached hydrogens (tertiary/aromatic N) is 1. The molecule has 0 amide bonds. The van der Waals surface area contributed by atoms with Gasteiger partial charge in [0.15, 0.2) is 6.04 Å². The molecule has 0 spiro atoms. The van der Waals surface area contributed by atoms with Gasteiger partial charge < -0.3 is 18.7 Å². The fourth-order valence-corrected chi connectivity index (χ4v) is 4.25. The first kappa shape index (κ1) is 29.2. The maximum atomic E-state index is 12.8. The second kappa shape index (κ2) is 15.8. The molecule has 0 heterocycles. The molecule has 0 aliphatic heterocycles. The van der Waals surface area contributed by atoms with Crippen LogP contribution in [-0.2, 0) is 22.6 Å². The maximum Gasteiger partial charge on any atom is 0.365 e. The lowest BCUT2D eigenvalue weighted by Gasteiger charge is -2.32. The zero-order valence-corrected chi connectivity index (χ0v) is 23.3. The van der Waals surface area contributed by atoms with Crippen LogP contribution >= 0.6 is 0 Å². The molecule has 0 radical (unpaired) electrons. The van der Waals surface area contributed by atoms with E-state index in [4.69, 9.17) is 14.2 Å². The van der Waals surface area contributed by atoms with E-state index in [2.05, 4.69) is 45.4 Å². The van der Waals surface area contributed by atoms with Crippen molar-refractivity contribution in [1.82, 2.24) is 0 Å². The average molecular weight is 519 g/mol. The Morgan fingerprint density at radius 3 is 1.71 bits per heavy atom. The third kappa shape index (κ3) is 11.0. The smallest absolute Gasteiger partial charge is 0.365 e. The summed E-state index contributed by atoms with van der Waals surface area (Å²) in [5.41, 5.74) is 2.32. The number of quaternary nitrogens is 1. The van der Waals surface area contributed by atoms with Gasteiger partial charge in [0.25, 0.3) is 0 Å². The lowest BCUT2D eigenvalue weighted by atomic mass is 10.0. The molecule has 0 saturated heterocycles. The molecule has 3 aromatic carbocycles. The number of rotatable bonds is 17. The molecule has 38 heavy (non-hydrogen) atoms. The zero-order valence-electron chi connectivity index (χ0n) is 23.3. The van der Waals surface area contributed by atoms with Crippen LogP contribution in [0.2, 0.25) is 0 Å². The van der Waals surface area contributed by atoms with E-state index < -0.39 is 0 Å². The number of carbonyl (C=O) groups excluding carboxylic acids is 1. The molecule has 204 valence electrons. The fourth-order valence-electron chi connectivity index (χ4n) is 4.25. The largest absolute Gasteiger partial charge is 0.494 e. The third-order valence-corrected chi connectivity index (χ3v) is 6.60. The van der Waals surface area contributed by atoms with Crippen molar-refractivity contribution in [2.24, 2.45) is 0 Å². The van der Waals surface area contributed by atoms with Crippen molar-refractivity contribution in [3.05, 3.63) is 96.1 Å². The van der Waals surface area contributed by atoms with E-state index in [1.807, 2.05) is 60.7 Å². The number of hydrogen-bond acceptors (Lipinski definition) is 4. The Kier molecular flexibility index (Phi) is 12.2. The summed E-state index contributed by atoms with van der Waals surface area (Å²) in [6, 6.07) is 28.0. The van der Waals surface area contributed by atoms with Crippen LogP contribution in [0.25, 0.3) is 0 Å². The summed E-state index contributed by atoms with van der Waals surface area (Å²) in [7, 11) is 6.15. The van der Waals surface area contributed by atoms with E-state index in [0.717, 1.165) is 61.3 Å². The van der Waals surface area contributed by atoms with Gasteiger partial charge in [-0.15, -0.1) is 0 Å². The van der Waals surface area contributed by atoms with E-state index in [0.29, 0.717) is 24.1 Å². The monoisotopic (exact) mass is 518 g/mol. The third-order valence-electron chi connectivity index (χ3n) is 6.60. The molecule has 0 aliphatic rings. The predicted octanol–water partition coefficient (Wildman–Crippen LogP) is 6.85. The van der Waals surface area contributed by atoms with Crippen molar-refractivity contribution in [2.75, 3.05) is 34.4 Å². The van der Waals surface area contributed by atoms with Gasteiger partial charge in [0.05, 0.1) is 34.4 Å². The number of likely N-dealkylation sites (N-methyl/N-ethyl adjacent to an activating group) is 1. The Hall–Kier alpha value is -3.31. The van der Waals surface area contributed by atoms with Gasteiger partial charge in [0, 0.05) is 6.42 Å². The van der Waals surface area contributed by atoms with Gasteiger partial charge in [-0.05, 0) is 48.2 Å². The van der Waals surface area contributed by atoms with Crippen LogP contribution in [0, 0.1) is 0 Å². The van der Waals surface area contributed by atoms with Gasteiger partial charge in [-0.1, -0.05) is 86.3 Å². The molecule has 0 aliphatic carbocycles. The van der Waals surface area contributed by atoms with E-state index >= 15 is 0 Å². The summed E-state index contributed by atoms with van der Waals surface area (Å²) in [6.45, 7) is 1.78. The second-order valence-electron chi connectivity index (χ2n) is 10.7. The highest BCUT2D eigenvalue weighted by atomic mass is 16.5. The second-order valence-corrected chi connectivity index (χ2v) is 10.7. The molecule has 0 bridgehead atoms. The zero-order chi connectivity index (χ0) is 27.1. The maximum absolute atomic E-state index is 12.8. The van der Waals surface area contributed by atoms with E-state index in [1.54, 1.807) is 0 Å². The summed E-state index contributed by atoms with van der Waals surface area (Å²) in [6.07, 6.45) is 7.16. The van der Waals surface area contributed by atoms with Crippen LogP contribution in [0.3, 0.4) is 0 Å². The van der Waals surface area contributed by atoms with Gasteiger partial charge in [-0.25, -0.2) is 4.79 Å². The molecular weight excluding hydrogens is 474 g/mol. The molecule has 5 nitrogen and oxygen atoms in total. The van der Waals surface area contributed by atoms with Crippen molar-refractivity contribution in [3.8, 4) is 11.5 Å². The van der Waals surface area contributed by atoms with Crippen LogP contribution in [0.1, 0.15) is 49.7 Å². The number of carbonyl (C=O) groups is 1. The minimum absolute atomic E-state index is 0.103. The minimum Gasteiger partial charge on any atom is -0.494 e. The summed E-state index contributed by atoms with van der Waals surface area (Å²) in [5, 5.41) is 0. The molecule has 5 heteroatoms. The van der Waals surface area contributed by atoms with Crippen molar-refractivity contribution in [2.45, 2.75) is 57.6 Å². The number of esters is 1. The summed E-state index contributed by atoms with van der Waals surface area (Å²) in [4.78, 5) is 12.8. The SMILES string of the molecule is C[N+](C)(C)[C@@H](Cc1ccccc1)C(=O)OCCCCCCCCOc1ccc(OCc2ccccc2)cc1. The minimum atomic E-state index is -0.199. The van der Waals surface area contributed by atoms with Gasteiger partial charge in [-0.3, -0.25) is 0 Å². The van der Waals surface area contributed by atoms with Crippen LogP contribution in [-0.4, -0.2) is 50.9 Å². The highest BCUT2D eigenvalue weighted by Crippen LogP contribution is 2.19. The Bertz CT molecular complexity index is 1050. The van der Waals surface area contributed by atoms with Crippen LogP contribution in [0.15, 0.2) is 84.9 Å². The van der Waals surface area contributed by atoms with Crippen LogP contribution in [0.5, 0.6) is 11.5 Å². The number of ether oxygens (including phenoxy) is 3. The van der Waals surface area contributed by atoms with E-state index in [1.165, 1.54) is 6.42 Å². The lowest BCUT2D eigenvalue weighted by molar-refractivity contribution is -0.887. The van der Waals surface area contributed by atoms with Gasteiger partial charge in [0.2, 0.25) is 0 Å².